The molecule has 1 aromatic carbocycles. The van der Waals surface area contributed by atoms with Crippen molar-refractivity contribution in [1.29, 1.82) is 0 Å². The zero-order chi connectivity index (χ0) is 24.0. The molecule has 10 heteroatoms. The number of amides is 1. The van der Waals surface area contributed by atoms with Crippen LogP contribution in [0.4, 0.5) is 13.2 Å². The van der Waals surface area contributed by atoms with E-state index in [0.717, 1.165) is 22.3 Å². The van der Waals surface area contributed by atoms with Gasteiger partial charge in [-0.2, -0.15) is 18.3 Å². The average molecular weight is 461 g/mol. The molecule has 3 heterocycles. The van der Waals surface area contributed by atoms with Crippen LogP contribution in [0.5, 0.6) is 0 Å². The predicted octanol–water partition coefficient (Wildman–Crippen LogP) is 4.13. The fourth-order valence-electron chi connectivity index (χ4n) is 3.55. The standard InChI is InChI=1S/C12H18F3NO2.C11H8N4/c1-8(2)10(12(13,14)15)7-11(18)16-5-3-9(17)4-6-16;1-2-4-8(5-3-1)10-11-9(14-15-10)6-12-7-13-11/h9-10,17H,1,3-7H2,2H3;1-7H,(H,14,15). The summed E-state index contributed by atoms with van der Waals surface area (Å²) in [6.45, 7) is 5.22. The number of nitrogens with one attached hydrogen (secondary N) is 1. The van der Waals surface area contributed by atoms with Gasteiger partial charge in [-0.15, -0.1) is 0 Å². The molecule has 3 aromatic rings. The van der Waals surface area contributed by atoms with Gasteiger partial charge in [0.2, 0.25) is 5.91 Å². The molecular weight excluding hydrogens is 435 g/mol. The van der Waals surface area contributed by atoms with E-state index < -0.39 is 30.5 Å². The first kappa shape index (κ1) is 24.4. The Morgan fingerprint density at radius 1 is 1.27 bits per heavy atom. The Hall–Kier alpha value is -3.27. The first-order valence-corrected chi connectivity index (χ1v) is 10.5. The Kier molecular flexibility index (Phi) is 7.80. The van der Waals surface area contributed by atoms with Crippen molar-refractivity contribution in [2.24, 2.45) is 5.92 Å². The smallest absolute Gasteiger partial charge is 0.393 e. The number of likely N-dealkylation sites (tertiary alicyclic amines) is 1. The van der Waals surface area contributed by atoms with Gasteiger partial charge in [-0.25, -0.2) is 9.97 Å². The molecule has 1 aliphatic heterocycles. The number of nitrogens with zero attached hydrogens (tertiary/aromatic N) is 4. The monoisotopic (exact) mass is 461 g/mol. The molecule has 0 spiro atoms. The minimum Gasteiger partial charge on any atom is -0.393 e. The van der Waals surface area contributed by atoms with E-state index in [-0.39, 0.29) is 5.57 Å². The van der Waals surface area contributed by atoms with Gasteiger partial charge in [0.1, 0.15) is 23.1 Å². The summed E-state index contributed by atoms with van der Waals surface area (Å²) in [5.74, 6) is -2.30. The van der Waals surface area contributed by atoms with E-state index in [1.807, 2.05) is 30.3 Å². The highest BCUT2D eigenvalue weighted by Gasteiger charge is 2.42. The maximum atomic E-state index is 12.7. The van der Waals surface area contributed by atoms with Gasteiger partial charge in [-0.05, 0) is 19.8 Å². The predicted molar refractivity (Wildman–Crippen MR) is 118 cm³/mol. The van der Waals surface area contributed by atoms with E-state index in [1.165, 1.54) is 18.2 Å². The highest BCUT2D eigenvalue weighted by molar-refractivity contribution is 5.88. The fraction of sp³-hybridized carbons (Fsp3) is 0.391. The number of carbonyl (C=O) groups excluding carboxylic acids is 1. The number of hydrogen-bond acceptors (Lipinski definition) is 5. The number of alkyl halides is 3. The van der Waals surface area contributed by atoms with Crippen LogP contribution in [0.15, 0.2) is 55.0 Å². The largest absolute Gasteiger partial charge is 0.395 e. The first-order valence-electron chi connectivity index (χ1n) is 10.5. The molecule has 4 rings (SSSR count). The SMILES string of the molecule is C=C(C)C(CC(=O)N1CCC(O)CC1)C(F)(F)F.c1ccc(-c2n[nH]c3cncnc23)cc1. The summed E-state index contributed by atoms with van der Waals surface area (Å²) in [7, 11) is 0. The number of H-pyrrole nitrogens is 1. The zero-order valence-corrected chi connectivity index (χ0v) is 18.2. The van der Waals surface area contributed by atoms with Crippen molar-refractivity contribution in [2.45, 2.75) is 38.5 Å². The molecule has 7 nitrogen and oxygen atoms in total. The number of piperidine rings is 1. The normalized spacial score (nSPS) is 15.6. The van der Waals surface area contributed by atoms with Gasteiger partial charge in [0.25, 0.3) is 0 Å². The molecule has 0 saturated carbocycles. The van der Waals surface area contributed by atoms with Crippen LogP contribution < -0.4 is 0 Å². The van der Waals surface area contributed by atoms with Gasteiger partial charge >= 0.3 is 6.18 Å². The van der Waals surface area contributed by atoms with E-state index in [1.54, 1.807) is 6.20 Å². The highest BCUT2D eigenvalue weighted by Crippen LogP contribution is 2.34. The van der Waals surface area contributed by atoms with E-state index in [4.69, 9.17) is 0 Å². The molecular formula is C23H26F3N5O2. The van der Waals surface area contributed by atoms with E-state index >= 15 is 0 Å². The number of aliphatic hydroxyl groups is 1. The van der Waals surface area contributed by atoms with Gasteiger partial charge in [-0.1, -0.05) is 42.5 Å². The Bertz CT molecular complexity index is 1080. The molecule has 1 saturated heterocycles. The van der Waals surface area contributed by atoms with Crippen molar-refractivity contribution in [3.63, 3.8) is 0 Å². The van der Waals surface area contributed by atoms with Crippen LogP contribution >= 0.6 is 0 Å². The van der Waals surface area contributed by atoms with Gasteiger partial charge in [0.05, 0.1) is 18.2 Å². The molecule has 1 atom stereocenters. The molecule has 1 fully saturated rings. The van der Waals surface area contributed by atoms with Crippen LogP contribution in [-0.4, -0.2) is 61.4 Å². The molecule has 0 aliphatic carbocycles. The Morgan fingerprint density at radius 2 is 1.94 bits per heavy atom. The first-order chi connectivity index (χ1) is 15.7. The number of benzene rings is 1. The Balaban J connectivity index is 0.000000188. The number of aromatic nitrogens is 4. The van der Waals surface area contributed by atoms with Crippen LogP contribution in [0.25, 0.3) is 22.3 Å². The van der Waals surface area contributed by atoms with Crippen LogP contribution in [0, 0.1) is 5.92 Å². The minimum atomic E-state index is -4.43. The maximum absolute atomic E-state index is 12.7. The highest BCUT2D eigenvalue weighted by atomic mass is 19.4. The molecule has 33 heavy (non-hydrogen) atoms. The lowest BCUT2D eigenvalue weighted by Gasteiger charge is -2.31. The van der Waals surface area contributed by atoms with Crippen molar-refractivity contribution < 1.29 is 23.1 Å². The zero-order valence-electron chi connectivity index (χ0n) is 18.2. The fourth-order valence-corrected chi connectivity index (χ4v) is 3.55. The second-order valence-electron chi connectivity index (χ2n) is 7.98. The topological polar surface area (TPSA) is 95.0 Å². The molecule has 2 N–H and O–H groups in total. The second kappa shape index (κ2) is 10.6. The molecule has 1 aliphatic rings. The number of rotatable bonds is 4. The second-order valence-corrected chi connectivity index (χ2v) is 7.98. The lowest BCUT2D eigenvalue weighted by Crippen LogP contribution is -2.42. The number of allylic oxidation sites excluding steroid dienone is 1. The van der Waals surface area contributed by atoms with Crippen LogP contribution in [0.1, 0.15) is 26.2 Å². The van der Waals surface area contributed by atoms with Crippen molar-refractivity contribution >= 4 is 16.9 Å². The maximum Gasteiger partial charge on any atom is 0.395 e. The summed E-state index contributed by atoms with van der Waals surface area (Å²) in [5.41, 5.74) is 3.59. The third-order valence-corrected chi connectivity index (χ3v) is 5.46. The van der Waals surface area contributed by atoms with Gasteiger partial charge in [-0.3, -0.25) is 9.89 Å². The van der Waals surface area contributed by atoms with Gasteiger partial charge < -0.3 is 10.0 Å². The van der Waals surface area contributed by atoms with Gasteiger partial charge in [0, 0.05) is 25.1 Å². The average Bonchev–Trinajstić information content (AvgIpc) is 3.22. The van der Waals surface area contributed by atoms with Crippen molar-refractivity contribution in [3.05, 3.63) is 55.0 Å². The summed E-state index contributed by atoms with van der Waals surface area (Å²) in [4.78, 5) is 21.3. The lowest BCUT2D eigenvalue weighted by atomic mass is 9.96. The number of hydrogen-bond donors (Lipinski definition) is 2. The number of halogens is 3. The van der Waals surface area contributed by atoms with Crippen LogP contribution in [-0.2, 0) is 4.79 Å². The summed E-state index contributed by atoms with van der Waals surface area (Å²) in [6, 6.07) is 9.97. The van der Waals surface area contributed by atoms with Crippen molar-refractivity contribution in [2.75, 3.05) is 13.1 Å². The molecule has 0 bridgehead atoms. The molecule has 1 amide bonds. The summed E-state index contributed by atoms with van der Waals surface area (Å²) in [5, 5.41) is 16.4. The number of fused-ring (bicyclic) bond motifs is 1. The summed E-state index contributed by atoms with van der Waals surface area (Å²) < 4.78 is 38.1. The van der Waals surface area contributed by atoms with Crippen molar-refractivity contribution in [3.8, 4) is 11.3 Å². The number of carbonyl (C=O) groups is 1. The van der Waals surface area contributed by atoms with E-state index in [0.29, 0.717) is 25.9 Å². The van der Waals surface area contributed by atoms with Gasteiger partial charge in [0.15, 0.2) is 0 Å². The quantitative estimate of drug-likeness (QED) is 0.570. The minimum absolute atomic E-state index is 0.0482. The van der Waals surface area contributed by atoms with Crippen LogP contribution in [0.3, 0.4) is 0 Å². The van der Waals surface area contributed by atoms with Crippen molar-refractivity contribution in [1.82, 2.24) is 25.1 Å². The Morgan fingerprint density at radius 3 is 2.55 bits per heavy atom. The molecule has 0 radical (unpaired) electrons. The number of aromatic amines is 1. The summed E-state index contributed by atoms with van der Waals surface area (Å²) in [6.07, 6.45) is -1.36. The third kappa shape index (κ3) is 6.38. The molecule has 2 aromatic heterocycles. The van der Waals surface area contributed by atoms with Crippen LogP contribution in [0.2, 0.25) is 0 Å². The molecule has 1 unspecified atom stereocenters. The summed E-state index contributed by atoms with van der Waals surface area (Å²) >= 11 is 0. The van der Waals surface area contributed by atoms with E-state index in [9.17, 15) is 23.1 Å². The third-order valence-electron chi connectivity index (χ3n) is 5.46. The lowest BCUT2D eigenvalue weighted by molar-refractivity contribution is -0.172. The number of aliphatic hydroxyl groups excluding tert-OH is 1. The molecule has 176 valence electrons. The van der Waals surface area contributed by atoms with E-state index in [2.05, 4.69) is 26.7 Å². The Labute approximate surface area is 189 Å².